The minimum Gasteiger partial charge on any atom is -0.399 e. The zero-order chi connectivity index (χ0) is 30.6. The Morgan fingerprint density at radius 1 is 0.881 bits per heavy atom. The molecular formula is C31H27F9O2. The number of halogens is 9. The van der Waals surface area contributed by atoms with Crippen LogP contribution in [0, 0.1) is 23.3 Å². The standard InChI is InChI=1S/C31H27F9O2/c1-2-3-23(32)29(37)19-7-5-18(6-8-19)20-9-11-22(41-16-20)10-4-17-12-24(33)28(25(34)13-17)21-14-26(35)30(27(36)15-21)42-31(38,39)40/h5-8,12-15,20,22H,2-4,9-11,16H2,1H3/b29-23+. The Morgan fingerprint density at radius 2 is 1.50 bits per heavy atom. The SMILES string of the molecule is CCC/C(F)=C(\F)c1ccc(C2CCC(CCc3cc(F)c(-c4cc(F)c(OC(F)(F)F)c(F)c4)c(F)c3)OC2)cc1. The van der Waals surface area contributed by atoms with Crippen molar-refractivity contribution in [3.8, 4) is 16.9 Å². The Morgan fingerprint density at radius 3 is 2.02 bits per heavy atom. The van der Waals surface area contributed by atoms with E-state index in [0.29, 0.717) is 38.0 Å². The minimum atomic E-state index is -5.36. The lowest BCUT2D eigenvalue weighted by atomic mass is 9.89. The highest BCUT2D eigenvalue weighted by Gasteiger charge is 2.34. The van der Waals surface area contributed by atoms with E-state index in [1.54, 1.807) is 19.1 Å². The molecule has 11 heteroatoms. The predicted molar refractivity (Wildman–Crippen MR) is 139 cm³/mol. The zero-order valence-electron chi connectivity index (χ0n) is 22.4. The van der Waals surface area contributed by atoms with Crippen LogP contribution in [0.4, 0.5) is 39.5 Å². The van der Waals surface area contributed by atoms with Gasteiger partial charge in [-0.05, 0) is 73.1 Å². The molecule has 1 heterocycles. The summed E-state index contributed by atoms with van der Waals surface area (Å²) in [4.78, 5) is 0. The summed E-state index contributed by atoms with van der Waals surface area (Å²) in [5, 5.41) is 0. The van der Waals surface area contributed by atoms with Crippen molar-refractivity contribution in [2.45, 2.75) is 63.8 Å². The van der Waals surface area contributed by atoms with Crippen LogP contribution >= 0.6 is 0 Å². The van der Waals surface area contributed by atoms with Crippen molar-refractivity contribution < 1.29 is 49.0 Å². The Kier molecular flexibility index (Phi) is 9.91. The van der Waals surface area contributed by atoms with E-state index in [2.05, 4.69) is 4.74 Å². The van der Waals surface area contributed by atoms with Gasteiger partial charge in [-0.2, -0.15) is 0 Å². The molecule has 0 spiro atoms. The molecule has 3 aromatic carbocycles. The first-order valence-corrected chi connectivity index (χ1v) is 13.4. The molecule has 4 rings (SSSR count). The van der Waals surface area contributed by atoms with Crippen LogP contribution in [0.25, 0.3) is 17.0 Å². The van der Waals surface area contributed by atoms with Gasteiger partial charge in [0.25, 0.3) is 0 Å². The van der Waals surface area contributed by atoms with Crippen molar-refractivity contribution in [3.63, 3.8) is 0 Å². The van der Waals surface area contributed by atoms with Crippen molar-refractivity contribution in [2.75, 3.05) is 6.61 Å². The maximum absolute atomic E-state index is 14.8. The van der Waals surface area contributed by atoms with E-state index < -0.39 is 58.2 Å². The normalized spacial score (nSPS) is 18.1. The molecule has 1 aliphatic rings. The molecule has 0 aliphatic carbocycles. The van der Waals surface area contributed by atoms with Gasteiger partial charge in [0, 0.05) is 17.9 Å². The molecule has 0 saturated carbocycles. The lowest BCUT2D eigenvalue weighted by Gasteiger charge is -2.29. The summed E-state index contributed by atoms with van der Waals surface area (Å²) in [5.74, 6) is -9.12. The van der Waals surface area contributed by atoms with Crippen LogP contribution in [-0.4, -0.2) is 19.1 Å². The lowest BCUT2D eigenvalue weighted by molar-refractivity contribution is -0.276. The van der Waals surface area contributed by atoms with E-state index in [0.717, 1.165) is 24.1 Å². The number of benzene rings is 3. The molecule has 0 radical (unpaired) electrons. The summed E-state index contributed by atoms with van der Waals surface area (Å²) in [7, 11) is 0. The molecule has 2 unspecified atom stereocenters. The Labute approximate surface area is 236 Å². The molecule has 1 aliphatic heterocycles. The monoisotopic (exact) mass is 602 g/mol. The molecule has 0 bridgehead atoms. The fourth-order valence-electron chi connectivity index (χ4n) is 4.97. The number of alkyl halides is 3. The van der Waals surface area contributed by atoms with Crippen LogP contribution in [0.1, 0.15) is 61.6 Å². The van der Waals surface area contributed by atoms with Gasteiger partial charge in [0.1, 0.15) is 17.5 Å². The van der Waals surface area contributed by atoms with Gasteiger partial charge in [-0.1, -0.05) is 31.2 Å². The lowest BCUT2D eigenvalue weighted by Crippen LogP contribution is -2.25. The maximum atomic E-state index is 14.8. The Hall–Kier alpha value is -3.47. The fourth-order valence-corrected chi connectivity index (χ4v) is 4.97. The molecule has 0 amide bonds. The summed E-state index contributed by atoms with van der Waals surface area (Å²) < 4.78 is 132. The third kappa shape index (κ3) is 7.67. The van der Waals surface area contributed by atoms with Crippen molar-refractivity contribution in [3.05, 3.63) is 94.3 Å². The van der Waals surface area contributed by atoms with Crippen LogP contribution in [0.3, 0.4) is 0 Å². The summed E-state index contributed by atoms with van der Waals surface area (Å²) in [6.45, 7) is 2.14. The fraction of sp³-hybridized carbons (Fsp3) is 0.355. The number of ether oxygens (including phenoxy) is 2. The highest BCUT2D eigenvalue weighted by atomic mass is 19.4. The van der Waals surface area contributed by atoms with E-state index in [-0.39, 0.29) is 36.0 Å². The molecule has 0 aromatic heterocycles. The van der Waals surface area contributed by atoms with E-state index in [4.69, 9.17) is 4.74 Å². The first-order valence-electron chi connectivity index (χ1n) is 13.4. The number of allylic oxidation sites excluding steroid dienone is 1. The smallest absolute Gasteiger partial charge is 0.399 e. The Bertz CT molecular complexity index is 1380. The molecule has 2 atom stereocenters. The van der Waals surface area contributed by atoms with Gasteiger partial charge >= 0.3 is 6.36 Å². The van der Waals surface area contributed by atoms with Crippen molar-refractivity contribution in [1.29, 1.82) is 0 Å². The van der Waals surface area contributed by atoms with Crippen LogP contribution < -0.4 is 4.74 Å². The van der Waals surface area contributed by atoms with E-state index in [9.17, 15) is 39.5 Å². The summed E-state index contributed by atoms with van der Waals surface area (Å²) in [5.41, 5.74) is -0.0561. The number of hydrogen-bond donors (Lipinski definition) is 0. The van der Waals surface area contributed by atoms with E-state index >= 15 is 0 Å². The topological polar surface area (TPSA) is 18.5 Å². The van der Waals surface area contributed by atoms with Crippen LogP contribution in [0.2, 0.25) is 0 Å². The van der Waals surface area contributed by atoms with Gasteiger partial charge < -0.3 is 9.47 Å². The predicted octanol–water partition coefficient (Wildman–Crippen LogP) is 10.1. The largest absolute Gasteiger partial charge is 0.573 e. The molecule has 0 N–H and O–H groups in total. The second-order valence-electron chi connectivity index (χ2n) is 10.1. The third-order valence-corrected chi connectivity index (χ3v) is 7.08. The molecular weight excluding hydrogens is 575 g/mol. The average Bonchev–Trinajstić information content (AvgIpc) is 2.93. The van der Waals surface area contributed by atoms with Gasteiger partial charge in [0.05, 0.1) is 18.3 Å². The summed E-state index contributed by atoms with van der Waals surface area (Å²) in [6, 6.07) is 9.27. The average molecular weight is 603 g/mol. The van der Waals surface area contributed by atoms with Crippen molar-refractivity contribution >= 4 is 5.83 Å². The highest BCUT2D eigenvalue weighted by Crippen LogP contribution is 2.36. The molecule has 1 fully saturated rings. The van der Waals surface area contributed by atoms with Crippen molar-refractivity contribution in [1.82, 2.24) is 0 Å². The van der Waals surface area contributed by atoms with Crippen LogP contribution in [0.15, 0.2) is 54.4 Å². The summed E-state index contributed by atoms with van der Waals surface area (Å²) in [6.07, 6.45) is -2.95. The van der Waals surface area contributed by atoms with Gasteiger partial charge in [0.2, 0.25) is 5.75 Å². The first-order chi connectivity index (χ1) is 19.9. The number of aryl methyl sites for hydroxylation is 1. The van der Waals surface area contributed by atoms with Gasteiger partial charge in [0.15, 0.2) is 17.5 Å². The zero-order valence-corrected chi connectivity index (χ0v) is 22.4. The van der Waals surface area contributed by atoms with Crippen LogP contribution in [0.5, 0.6) is 5.75 Å². The van der Waals surface area contributed by atoms with Gasteiger partial charge in [-0.15, -0.1) is 13.2 Å². The third-order valence-electron chi connectivity index (χ3n) is 7.08. The summed E-state index contributed by atoms with van der Waals surface area (Å²) >= 11 is 0. The number of rotatable bonds is 9. The molecule has 226 valence electrons. The molecule has 42 heavy (non-hydrogen) atoms. The van der Waals surface area contributed by atoms with Crippen molar-refractivity contribution in [2.24, 2.45) is 0 Å². The minimum absolute atomic E-state index is 0.0345. The quantitative estimate of drug-likeness (QED) is 0.227. The first kappa shape index (κ1) is 31.5. The number of hydrogen-bond acceptors (Lipinski definition) is 2. The molecule has 3 aromatic rings. The maximum Gasteiger partial charge on any atom is 0.573 e. The highest BCUT2D eigenvalue weighted by molar-refractivity contribution is 5.66. The second kappa shape index (κ2) is 13.2. The van der Waals surface area contributed by atoms with Gasteiger partial charge in [-0.25, -0.2) is 26.3 Å². The molecule has 2 nitrogen and oxygen atoms in total. The molecule has 1 saturated heterocycles. The van der Waals surface area contributed by atoms with E-state index in [1.807, 2.05) is 0 Å². The van der Waals surface area contributed by atoms with Crippen LogP contribution in [-0.2, 0) is 11.2 Å². The Balaban J connectivity index is 1.36. The van der Waals surface area contributed by atoms with Gasteiger partial charge in [-0.3, -0.25) is 0 Å². The van der Waals surface area contributed by atoms with E-state index in [1.165, 1.54) is 12.1 Å². The second-order valence-corrected chi connectivity index (χ2v) is 10.1.